The summed E-state index contributed by atoms with van der Waals surface area (Å²) >= 11 is 0. The Hall–Kier alpha value is -1.25. The lowest BCUT2D eigenvalue weighted by Crippen LogP contribution is -2.18. The van der Waals surface area contributed by atoms with Crippen LogP contribution in [-0.4, -0.2) is 10.9 Å². The lowest BCUT2D eigenvalue weighted by molar-refractivity contribution is 0.314. The number of furan rings is 1. The second-order valence-electron chi connectivity index (χ2n) is 5.27. The van der Waals surface area contributed by atoms with Crippen LogP contribution in [0, 0.1) is 5.92 Å². The van der Waals surface area contributed by atoms with Crippen molar-refractivity contribution in [3.05, 3.63) is 23.2 Å². The van der Waals surface area contributed by atoms with E-state index in [2.05, 4.69) is 25.1 Å². The highest BCUT2D eigenvalue weighted by Crippen LogP contribution is 2.47. The van der Waals surface area contributed by atoms with E-state index in [1.54, 1.807) is 0 Å². The van der Waals surface area contributed by atoms with Gasteiger partial charge in [0, 0.05) is 23.3 Å². The Labute approximate surface area is 109 Å². The fourth-order valence-electron chi connectivity index (χ4n) is 3.04. The molecular weight excluding hydrogens is 226 g/mol. The first-order valence-corrected chi connectivity index (χ1v) is 7.06. The molecule has 0 aliphatic heterocycles. The maximum atomic E-state index is 9.15. The number of oxime groups is 1. The van der Waals surface area contributed by atoms with Gasteiger partial charge in [0.2, 0.25) is 0 Å². The van der Waals surface area contributed by atoms with Crippen molar-refractivity contribution >= 4 is 5.71 Å². The molecule has 3 heteroatoms. The first-order chi connectivity index (χ1) is 8.70. The Morgan fingerprint density at radius 3 is 2.56 bits per heavy atom. The van der Waals surface area contributed by atoms with Crippen LogP contribution in [0.25, 0.3) is 0 Å². The van der Waals surface area contributed by atoms with E-state index in [4.69, 9.17) is 9.62 Å². The lowest BCUT2D eigenvalue weighted by Gasteiger charge is -2.18. The SMILES string of the molecule is CC.CC(C)c1cc2c(o1)C1CCC(C1)/C2=N/O. The number of hydrogen-bond donors (Lipinski definition) is 1. The average Bonchev–Trinajstić information content (AvgIpc) is 2.99. The maximum Gasteiger partial charge on any atom is 0.116 e. The van der Waals surface area contributed by atoms with Gasteiger partial charge in [-0.1, -0.05) is 32.9 Å². The summed E-state index contributed by atoms with van der Waals surface area (Å²) < 4.78 is 5.94. The van der Waals surface area contributed by atoms with Crippen LogP contribution in [0.4, 0.5) is 0 Å². The van der Waals surface area contributed by atoms with Crippen LogP contribution in [0.3, 0.4) is 0 Å². The fourth-order valence-corrected chi connectivity index (χ4v) is 3.04. The van der Waals surface area contributed by atoms with E-state index in [0.29, 0.717) is 17.8 Å². The van der Waals surface area contributed by atoms with Gasteiger partial charge < -0.3 is 9.62 Å². The summed E-state index contributed by atoms with van der Waals surface area (Å²) in [5.41, 5.74) is 1.91. The highest BCUT2D eigenvalue weighted by atomic mass is 16.4. The molecule has 0 saturated heterocycles. The van der Waals surface area contributed by atoms with Gasteiger partial charge in [-0.2, -0.15) is 0 Å². The maximum absolute atomic E-state index is 9.15. The van der Waals surface area contributed by atoms with E-state index >= 15 is 0 Å². The van der Waals surface area contributed by atoms with E-state index < -0.39 is 0 Å². The Morgan fingerprint density at radius 1 is 1.28 bits per heavy atom. The Balaban J connectivity index is 0.000000574. The molecule has 0 amide bonds. The minimum absolute atomic E-state index is 0.393. The van der Waals surface area contributed by atoms with Gasteiger partial charge in [-0.15, -0.1) is 0 Å². The molecule has 1 aromatic rings. The van der Waals surface area contributed by atoms with Gasteiger partial charge in [-0.25, -0.2) is 0 Å². The summed E-state index contributed by atoms with van der Waals surface area (Å²) in [6, 6.07) is 2.07. The summed E-state index contributed by atoms with van der Waals surface area (Å²) in [4.78, 5) is 0. The van der Waals surface area contributed by atoms with Crippen molar-refractivity contribution in [3.63, 3.8) is 0 Å². The van der Waals surface area contributed by atoms with Gasteiger partial charge in [-0.05, 0) is 25.3 Å². The quantitative estimate of drug-likeness (QED) is 0.588. The molecule has 2 unspecified atom stereocenters. The molecule has 1 heterocycles. The van der Waals surface area contributed by atoms with Crippen molar-refractivity contribution in [2.24, 2.45) is 11.1 Å². The van der Waals surface area contributed by atoms with E-state index in [-0.39, 0.29) is 0 Å². The molecule has 0 spiro atoms. The van der Waals surface area contributed by atoms with Crippen LogP contribution in [0.15, 0.2) is 15.6 Å². The van der Waals surface area contributed by atoms with E-state index in [1.807, 2.05) is 13.8 Å². The molecule has 1 saturated carbocycles. The van der Waals surface area contributed by atoms with Crippen LogP contribution in [0.1, 0.15) is 75.9 Å². The third kappa shape index (κ3) is 1.96. The van der Waals surface area contributed by atoms with Crippen LogP contribution in [0.5, 0.6) is 0 Å². The third-order valence-electron chi connectivity index (χ3n) is 3.92. The average molecular weight is 249 g/mol. The number of hydrogen-bond acceptors (Lipinski definition) is 3. The smallest absolute Gasteiger partial charge is 0.116 e. The van der Waals surface area contributed by atoms with Crippen LogP contribution >= 0.6 is 0 Å². The number of nitrogens with zero attached hydrogens (tertiary/aromatic N) is 1. The predicted molar refractivity (Wildman–Crippen MR) is 72.6 cm³/mol. The van der Waals surface area contributed by atoms with E-state index in [0.717, 1.165) is 35.6 Å². The fraction of sp³-hybridized carbons (Fsp3) is 0.667. The van der Waals surface area contributed by atoms with Crippen molar-refractivity contribution in [1.82, 2.24) is 0 Å². The van der Waals surface area contributed by atoms with Gasteiger partial charge in [0.25, 0.3) is 0 Å². The molecule has 2 bridgehead atoms. The minimum atomic E-state index is 0.393. The zero-order valence-corrected chi connectivity index (χ0v) is 11.7. The summed E-state index contributed by atoms with van der Waals surface area (Å²) in [6.45, 7) is 8.25. The molecule has 1 aromatic heterocycles. The second kappa shape index (κ2) is 5.17. The van der Waals surface area contributed by atoms with Gasteiger partial charge in [0.15, 0.2) is 0 Å². The standard InChI is InChI=1S/C13H17NO2.C2H6/c1-7(2)11-6-10-12(14-15)8-3-4-9(5-8)13(10)16-11;1-2/h6-9,15H,3-5H2,1-2H3;1-2H3/b14-12-;. The molecule has 1 fully saturated rings. The molecule has 18 heavy (non-hydrogen) atoms. The molecule has 100 valence electrons. The summed E-state index contributed by atoms with van der Waals surface area (Å²) in [5.74, 6) is 3.46. The zero-order valence-electron chi connectivity index (χ0n) is 11.7. The van der Waals surface area contributed by atoms with Crippen LogP contribution in [0.2, 0.25) is 0 Å². The molecule has 3 nitrogen and oxygen atoms in total. The summed E-state index contributed by atoms with van der Waals surface area (Å²) in [6.07, 6.45) is 3.39. The molecule has 3 rings (SSSR count). The molecule has 0 aromatic carbocycles. The molecule has 2 aliphatic carbocycles. The Morgan fingerprint density at radius 2 is 1.94 bits per heavy atom. The third-order valence-corrected chi connectivity index (χ3v) is 3.92. The normalized spacial score (nSPS) is 27.1. The summed E-state index contributed by atoms with van der Waals surface area (Å²) in [5, 5.41) is 12.6. The van der Waals surface area contributed by atoms with Crippen molar-refractivity contribution in [2.75, 3.05) is 0 Å². The molecule has 0 radical (unpaired) electrons. The van der Waals surface area contributed by atoms with Crippen LogP contribution < -0.4 is 0 Å². The highest BCUT2D eigenvalue weighted by molar-refractivity contribution is 6.04. The van der Waals surface area contributed by atoms with Crippen LogP contribution in [-0.2, 0) is 0 Å². The Bertz CT molecular complexity index is 445. The Kier molecular flexibility index (Phi) is 3.79. The lowest BCUT2D eigenvalue weighted by atomic mass is 9.86. The van der Waals surface area contributed by atoms with Gasteiger partial charge in [0.05, 0.1) is 5.71 Å². The zero-order chi connectivity index (χ0) is 13.3. The minimum Gasteiger partial charge on any atom is -0.465 e. The van der Waals surface area contributed by atoms with Gasteiger partial charge in [-0.3, -0.25) is 0 Å². The predicted octanol–water partition coefficient (Wildman–Crippen LogP) is 4.50. The van der Waals surface area contributed by atoms with Crippen molar-refractivity contribution in [1.29, 1.82) is 0 Å². The topological polar surface area (TPSA) is 45.7 Å². The highest BCUT2D eigenvalue weighted by Gasteiger charge is 2.40. The second-order valence-corrected chi connectivity index (χ2v) is 5.27. The largest absolute Gasteiger partial charge is 0.465 e. The van der Waals surface area contributed by atoms with Gasteiger partial charge in [0.1, 0.15) is 11.5 Å². The van der Waals surface area contributed by atoms with Crippen molar-refractivity contribution in [3.8, 4) is 0 Å². The number of fused-ring (bicyclic) bond motifs is 4. The number of rotatable bonds is 1. The molecule has 1 N–H and O–H groups in total. The van der Waals surface area contributed by atoms with Crippen molar-refractivity contribution < 1.29 is 9.62 Å². The van der Waals surface area contributed by atoms with E-state index in [9.17, 15) is 0 Å². The first-order valence-electron chi connectivity index (χ1n) is 7.06. The summed E-state index contributed by atoms with van der Waals surface area (Å²) in [7, 11) is 0. The molecular formula is C15H23NO2. The molecule has 2 atom stereocenters. The van der Waals surface area contributed by atoms with Crippen molar-refractivity contribution in [2.45, 2.75) is 58.8 Å². The van der Waals surface area contributed by atoms with E-state index in [1.165, 1.54) is 6.42 Å². The monoisotopic (exact) mass is 249 g/mol. The first kappa shape index (κ1) is 13.2. The van der Waals surface area contributed by atoms with Gasteiger partial charge >= 0.3 is 0 Å². The molecule has 2 aliphatic rings.